The van der Waals surface area contributed by atoms with Crippen molar-refractivity contribution in [2.75, 3.05) is 0 Å². The minimum absolute atomic E-state index is 0.366. The highest BCUT2D eigenvalue weighted by molar-refractivity contribution is 5.88. The van der Waals surface area contributed by atoms with E-state index in [0.29, 0.717) is 5.75 Å². The molecule has 0 aliphatic heterocycles. The summed E-state index contributed by atoms with van der Waals surface area (Å²) in [4.78, 5) is 11.7. The van der Waals surface area contributed by atoms with Crippen LogP contribution in [-0.4, -0.2) is 5.97 Å². The number of carbonyl (C=O) groups is 1. The Morgan fingerprint density at radius 2 is 1.68 bits per heavy atom. The first-order valence-electron chi connectivity index (χ1n) is 6.17. The first kappa shape index (κ1) is 13.1. The van der Waals surface area contributed by atoms with Crippen LogP contribution < -0.4 is 4.74 Å². The lowest BCUT2D eigenvalue weighted by atomic mass is 10.1. The Labute approximate surface area is 113 Å². The Kier molecular flexibility index (Phi) is 4.14. The molecule has 0 fully saturated rings. The fourth-order valence-electron chi connectivity index (χ4n) is 1.66. The molecule has 0 atom stereocenters. The molecule has 96 valence electrons. The molecule has 0 aliphatic carbocycles. The summed E-state index contributed by atoms with van der Waals surface area (Å²) in [5.41, 5.74) is 3.12. The number of para-hydroxylation sites is 1. The van der Waals surface area contributed by atoms with Crippen LogP contribution in [0.3, 0.4) is 0 Å². The van der Waals surface area contributed by atoms with Crippen molar-refractivity contribution < 1.29 is 9.53 Å². The van der Waals surface area contributed by atoms with Crippen molar-refractivity contribution in [2.45, 2.75) is 13.8 Å². The molecule has 0 saturated carbocycles. The molecule has 2 heteroatoms. The number of rotatable bonds is 3. The quantitative estimate of drug-likeness (QED) is 0.470. The molecule has 0 heterocycles. The third kappa shape index (κ3) is 3.81. The van der Waals surface area contributed by atoms with E-state index in [2.05, 4.69) is 0 Å². The highest BCUT2D eigenvalue weighted by Crippen LogP contribution is 2.16. The summed E-state index contributed by atoms with van der Waals surface area (Å²) >= 11 is 0. The number of aryl methyl sites for hydroxylation is 2. The molecule has 19 heavy (non-hydrogen) atoms. The van der Waals surface area contributed by atoms with Gasteiger partial charge in [0.1, 0.15) is 5.75 Å². The molecule has 0 saturated heterocycles. The smallest absolute Gasteiger partial charge is 0.336 e. The molecule has 0 unspecified atom stereocenters. The van der Waals surface area contributed by atoms with E-state index in [1.165, 1.54) is 11.6 Å². The van der Waals surface area contributed by atoms with Crippen LogP contribution in [0, 0.1) is 13.8 Å². The number of hydrogen-bond donors (Lipinski definition) is 0. The van der Waals surface area contributed by atoms with Crippen LogP contribution in [0.1, 0.15) is 16.7 Å². The third-order valence-corrected chi connectivity index (χ3v) is 2.79. The van der Waals surface area contributed by atoms with Crippen LogP contribution in [0.25, 0.3) is 6.08 Å². The van der Waals surface area contributed by atoms with Gasteiger partial charge >= 0.3 is 5.97 Å². The fourth-order valence-corrected chi connectivity index (χ4v) is 1.66. The molecule has 0 radical (unpaired) electrons. The van der Waals surface area contributed by atoms with E-state index in [-0.39, 0.29) is 5.97 Å². The van der Waals surface area contributed by atoms with Gasteiger partial charge < -0.3 is 4.74 Å². The van der Waals surface area contributed by atoms with Crippen LogP contribution in [0.4, 0.5) is 0 Å². The Bertz CT molecular complexity index is 595. The SMILES string of the molecule is Cc1ccc(/C=C\C(=O)Oc2ccccc2C)cc1. The molecule has 0 bridgehead atoms. The zero-order valence-electron chi connectivity index (χ0n) is 11.1. The molecule has 0 spiro atoms. The zero-order chi connectivity index (χ0) is 13.7. The minimum Gasteiger partial charge on any atom is -0.423 e. The summed E-state index contributed by atoms with van der Waals surface area (Å²) in [6.45, 7) is 3.94. The van der Waals surface area contributed by atoms with Crippen molar-refractivity contribution in [2.24, 2.45) is 0 Å². The average Bonchev–Trinajstić information content (AvgIpc) is 2.41. The largest absolute Gasteiger partial charge is 0.423 e. The zero-order valence-corrected chi connectivity index (χ0v) is 11.1. The van der Waals surface area contributed by atoms with Crippen molar-refractivity contribution in [1.29, 1.82) is 0 Å². The summed E-state index contributed by atoms with van der Waals surface area (Å²) < 4.78 is 5.26. The Morgan fingerprint density at radius 3 is 2.37 bits per heavy atom. The number of esters is 1. The lowest BCUT2D eigenvalue weighted by molar-refractivity contribution is -0.128. The van der Waals surface area contributed by atoms with Crippen molar-refractivity contribution in [3.05, 3.63) is 71.3 Å². The second-order valence-corrected chi connectivity index (χ2v) is 4.43. The van der Waals surface area contributed by atoms with Crippen molar-refractivity contribution in [3.63, 3.8) is 0 Å². The highest BCUT2D eigenvalue weighted by Gasteiger charge is 2.02. The predicted molar refractivity (Wildman–Crippen MR) is 77.0 cm³/mol. The van der Waals surface area contributed by atoms with E-state index >= 15 is 0 Å². The first-order chi connectivity index (χ1) is 9.15. The molecule has 0 aromatic heterocycles. The second-order valence-electron chi connectivity index (χ2n) is 4.43. The van der Waals surface area contributed by atoms with Crippen LogP contribution in [0.5, 0.6) is 5.75 Å². The summed E-state index contributed by atoms with van der Waals surface area (Å²) in [5.74, 6) is 0.232. The molecule has 0 aliphatic rings. The molecule has 2 rings (SSSR count). The molecule has 2 nitrogen and oxygen atoms in total. The maximum absolute atomic E-state index is 11.7. The third-order valence-electron chi connectivity index (χ3n) is 2.79. The number of hydrogen-bond acceptors (Lipinski definition) is 2. The van der Waals surface area contributed by atoms with Gasteiger partial charge in [-0.05, 0) is 37.1 Å². The van der Waals surface area contributed by atoms with Gasteiger partial charge in [-0.2, -0.15) is 0 Å². The molecule has 2 aromatic rings. The molecule has 0 N–H and O–H groups in total. The van der Waals surface area contributed by atoms with Crippen LogP contribution in [-0.2, 0) is 4.79 Å². The monoisotopic (exact) mass is 252 g/mol. The topological polar surface area (TPSA) is 26.3 Å². The highest BCUT2D eigenvalue weighted by atomic mass is 16.5. The van der Waals surface area contributed by atoms with Gasteiger partial charge in [-0.25, -0.2) is 4.79 Å². The minimum atomic E-state index is -0.366. The van der Waals surface area contributed by atoms with Gasteiger partial charge in [0.25, 0.3) is 0 Å². The number of benzene rings is 2. The average molecular weight is 252 g/mol. The van der Waals surface area contributed by atoms with E-state index in [1.807, 2.05) is 56.3 Å². The Morgan fingerprint density at radius 1 is 1.00 bits per heavy atom. The lowest BCUT2D eigenvalue weighted by Gasteiger charge is -2.04. The maximum atomic E-state index is 11.7. The van der Waals surface area contributed by atoms with Gasteiger partial charge in [0.05, 0.1) is 0 Å². The van der Waals surface area contributed by atoms with Gasteiger partial charge in [-0.15, -0.1) is 0 Å². The van der Waals surface area contributed by atoms with Gasteiger partial charge in [-0.3, -0.25) is 0 Å². The van der Waals surface area contributed by atoms with E-state index in [1.54, 1.807) is 12.1 Å². The first-order valence-corrected chi connectivity index (χ1v) is 6.17. The standard InChI is InChI=1S/C17H16O2/c1-13-7-9-15(10-8-13)11-12-17(18)19-16-6-4-3-5-14(16)2/h3-12H,1-2H3/b12-11-. The summed E-state index contributed by atoms with van der Waals surface area (Å²) in [6, 6.07) is 15.4. The van der Waals surface area contributed by atoms with Gasteiger partial charge in [0, 0.05) is 6.08 Å². The normalized spacial score (nSPS) is 10.6. The summed E-state index contributed by atoms with van der Waals surface area (Å²) in [5, 5.41) is 0. The van der Waals surface area contributed by atoms with Crippen LogP contribution >= 0.6 is 0 Å². The van der Waals surface area contributed by atoms with Gasteiger partial charge in [0.15, 0.2) is 0 Å². The van der Waals surface area contributed by atoms with Crippen molar-refractivity contribution in [1.82, 2.24) is 0 Å². The molecule has 2 aromatic carbocycles. The van der Waals surface area contributed by atoms with Gasteiger partial charge in [0.2, 0.25) is 0 Å². The van der Waals surface area contributed by atoms with E-state index < -0.39 is 0 Å². The van der Waals surface area contributed by atoms with Crippen LogP contribution in [0.2, 0.25) is 0 Å². The van der Waals surface area contributed by atoms with E-state index in [4.69, 9.17) is 4.74 Å². The Balaban J connectivity index is 2.02. The summed E-state index contributed by atoms with van der Waals surface area (Å²) in [6.07, 6.45) is 3.19. The fraction of sp³-hybridized carbons (Fsp3) is 0.118. The van der Waals surface area contributed by atoms with E-state index in [0.717, 1.165) is 11.1 Å². The lowest BCUT2D eigenvalue weighted by Crippen LogP contribution is -2.04. The summed E-state index contributed by atoms with van der Waals surface area (Å²) in [7, 11) is 0. The number of carbonyl (C=O) groups excluding carboxylic acids is 1. The Hall–Kier alpha value is -2.35. The van der Waals surface area contributed by atoms with Crippen molar-refractivity contribution >= 4 is 12.0 Å². The van der Waals surface area contributed by atoms with Crippen molar-refractivity contribution in [3.8, 4) is 5.75 Å². The second kappa shape index (κ2) is 6.01. The number of ether oxygens (including phenoxy) is 1. The molecular formula is C17H16O2. The predicted octanol–water partition coefficient (Wildman–Crippen LogP) is 3.92. The van der Waals surface area contributed by atoms with Crippen LogP contribution in [0.15, 0.2) is 54.6 Å². The maximum Gasteiger partial charge on any atom is 0.336 e. The van der Waals surface area contributed by atoms with Gasteiger partial charge in [-0.1, -0.05) is 48.0 Å². The van der Waals surface area contributed by atoms with E-state index in [9.17, 15) is 4.79 Å². The molecule has 0 amide bonds. The molecular weight excluding hydrogens is 236 g/mol.